The molecule has 0 saturated carbocycles. The predicted molar refractivity (Wildman–Crippen MR) is 104 cm³/mol. The van der Waals surface area contributed by atoms with Crippen molar-refractivity contribution in [2.24, 2.45) is 0 Å². The van der Waals surface area contributed by atoms with Gasteiger partial charge in [-0.2, -0.15) is 0 Å². The number of rotatable bonds is 3. The number of halogens is 4. The molecular weight excluding hydrogens is 409 g/mol. The molecule has 0 atom stereocenters. The van der Waals surface area contributed by atoms with Crippen LogP contribution < -0.4 is 9.21 Å². The second-order valence-corrected chi connectivity index (χ2v) is 7.41. The molecule has 142 valence electrons. The molecule has 1 aliphatic heterocycles. The molecule has 28 heavy (non-hydrogen) atoms. The van der Waals surface area contributed by atoms with Crippen molar-refractivity contribution < 1.29 is 18.0 Å². The lowest BCUT2D eigenvalue weighted by atomic mass is 10.1. The van der Waals surface area contributed by atoms with Gasteiger partial charge < -0.3 is 0 Å². The monoisotopic (exact) mass is 420 g/mol. The Morgan fingerprint density at radius 1 is 0.893 bits per heavy atom. The molecule has 3 aromatic rings. The highest BCUT2D eigenvalue weighted by atomic mass is 35.5. The van der Waals surface area contributed by atoms with E-state index in [1.165, 1.54) is 23.1 Å². The number of nitrogens with zero attached hydrogens (tertiary/aromatic N) is 2. The van der Waals surface area contributed by atoms with Gasteiger partial charge in [0, 0.05) is 16.7 Å². The molecule has 0 unspecified atom stereocenters. The molecule has 0 bridgehead atoms. The Labute approximate surface area is 168 Å². The SMILES string of the molecule is O=C1N(Cc2c(F)cccc2Cl)c2ccccc2SN1c1cc(F)ccc1F. The highest BCUT2D eigenvalue weighted by Crippen LogP contribution is 2.43. The topological polar surface area (TPSA) is 23.6 Å². The number of urea groups is 1. The summed E-state index contributed by atoms with van der Waals surface area (Å²) in [5.74, 6) is -1.97. The van der Waals surface area contributed by atoms with Gasteiger partial charge in [0.15, 0.2) is 0 Å². The van der Waals surface area contributed by atoms with Crippen molar-refractivity contribution in [3.63, 3.8) is 0 Å². The van der Waals surface area contributed by atoms with Crippen molar-refractivity contribution in [2.75, 3.05) is 9.21 Å². The van der Waals surface area contributed by atoms with Gasteiger partial charge >= 0.3 is 6.03 Å². The largest absolute Gasteiger partial charge is 0.339 e. The molecule has 3 nitrogen and oxygen atoms in total. The van der Waals surface area contributed by atoms with E-state index in [0.29, 0.717) is 10.6 Å². The Bertz CT molecular complexity index is 1060. The van der Waals surface area contributed by atoms with Gasteiger partial charge in [0.05, 0.1) is 22.8 Å². The quantitative estimate of drug-likeness (QED) is 0.457. The number of carbonyl (C=O) groups is 1. The summed E-state index contributed by atoms with van der Waals surface area (Å²) in [5.41, 5.74) is 0.456. The van der Waals surface area contributed by atoms with Crippen LogP contribution in [0.2, 0.25) is 5.02 Å². The number of amides is 2. The van der Waals surface area contributed by atoms with Crippen LogP contribution in [-0.2, 0) is 6.54 Å². The number of fused-ring (bicyclic) bond motifs is 1. The molecule has 0 aromatic heterocycles. The van der Waals surface area contributed by atoms with E-state index in [-0.39, 0.29) is 22.8 Å². The Morgan fingerprint density at radius 2 is 1.68 bits per heavy atom. The average molecular weight is 421 g/mol. The Balaban J connectivity index is 1.81. The van der Waals surface area contributed by atoms with Crippen LogP contribution in [-0.4, -0.2) is 6.03 Å². The van der Waals surface area contributed by atoms with Crippen molar-refractivity contribution in [1.82, 2.24) is 0 Å². The second kappa shape index (κ2) is 7.41. The number of benzene rings is 3. The number of carbonyl (C=O) groups excluding carboxylic acids is 1. The van der Waals surface area contributed by atoms with Crippen molar-refractivity contribution >= 4 is 41.0 Å². The standard InChI is InChI=1S/C20H12ClF3N2OS/c21-14-4-3-5-15(23)13(14)11-25-17-6-1-2-7-19(17)28-26(20(25)27)18-10-12(22)8-9-16(18)24/h1-10H,11H2. The first-order valence-electron chi connectivity index (χ1n) is 8.22. The van der Waals surface area contributed by atoms with Crippen LogP contribution >= 0.6 is 23.5 Å². The minimum Gasteiger partial charge on any atom is -0.288 e. The molecule has 0 spiro atoms. The summed E-state index contributed by atoms with van der Waals surface area (Å²) < 4.78 is 43.3. The Morgan fingerprint density at radius 3 is 2.46 bits per heavy atom. The van der Waals surface area contributed by atoms with Crippen molar-refractivity contribution in [2.45, 2.75) is 11.4 Å². The van der Waals surface area contributed by atoms with Gasteiger partial charge in [0.2, 0.25) is 0 Å². The molecule has 2 amide bonds. The summed E-state index contributed by atoms with van der Waals surface area (Å²) in [4.78, 5) is 15.1. The Kier molecular flexibility index (Phi) is 4.95. The van der Waals surface area contributed by atoms with Crippen LogP contribution in [0, 0.1) is 17.5 Å². The van der Waals surface area contributed by atoms with Crippen molar-refractivity contribution in [3.05, 3.63) is 88.7 Å². The van der Waals surface area contributed by atoms with E-state index in [1.54, 1.807) is 24.3 Å². The minimum atomic E-state index is -0.745. The van der Waals surface area contributed by atoms with Crippen LogP contribution in [0.5, 0.6) is 0 Å². The lowest BCUT2D eigenvalue weighted by Gasteiger charge is -2.36. The number of anilines is 2. The first kappa shape index (κ1) is 18.7. The summed E-state index contributed by atoms with van der Waals surface area (Å²) in [6, 6.07) is 13.4. The van der Waals surface area contributed by atoms with E-state index >= 15 is 0 Å². The van der Waals surface area contributed by atoms with Gasteiger partial charge in [-0.05, 0) is 48.3 Å². The molecule has 0 radical (unpaired) electrons. The lowest BCUT2D eigenvalue weighted by molar-refractivity contribution is 0.254. The first-order valence-corrected chi connectivity index (χ1v) is 9.37. The molecule has 0 N–H and O–H groups in total. The fourth-order valence-electron chi connectivity index (χ4n) is 2.90. The molecule has 1 aliphatic rings. The van der Waals surface area contributed by atoms with E-state index in [9.17, 15) is 18.0 Å². The molecular formula is C20H12ClF3N2OS. The zero-order valence-corrected chi connectivity index (χ0v) is 15.8. The summed E-state index contributed by atoms with van der Waals surface area (Å²) in [6.07, 6.45) is 0. The smallest absolute Gasteiger partial charge is 0.288 e. The first-order chi connectivity index (χ1) is 13.5. The molecule has 3 aromatic carbocycles. The fourth-order valence-corrected chi connectivity index (χ4v) is 4.14. The highest BCUT2D eigenvalue weighted by Gasteiger charge is 2.34. The molecule has 0 fully saturated rings. The second-order valence-electron chi connectivity index (χ2n) is 6.02. The maximum absolute atomic E-state index is 14.3. The number of hydrogen-bond acceptors (Lipinski definition) is 2. The van der Waals surface area contributed by atoms with Gasteiger partial charge in [-0.1, -0.05) is 29.8 Å². The summed E-state index contributed by atoms with van der Waals surface area (Å²) in [5, 5.41) is 0.173. The zero-order chi connectivity index (χ0) is 19.8. The van der Waals surface area contributed by atoms with Crippen LogP contribution in [0.15, 0.2) is 65.6 Å². The average Bonchev–Trinajstić information content (AvgIpc) is 2.68. The summed E-state index contributed by atoms with van der Waals surface area (Å²) in [6.45, 7) is -0.157. The van der Waals surface area contributed by atoms with E-state index in [2.05, 4.69) is 0 Å². The molecule has 0 saturated heterocycles. The van der Waals surface area contributed by atoms with E-state index in [1.807, 2.05) is 0 Å². The summed E-state index contributed by atoms with van der Waals surface area (Å²) >= 11 is 7.09. The van der Waals surface area contributed by atoms with E-state index in [4.69, 9.17) is 11.6 Å². The van der Waals surface area contributed by atoms with E-state index < -0.39 is 23.5 Å². The van der Waals surface area contributed by atoms with Crippen LogP contribution in [0.4, 0.5) is 29.3 Å². The van der Waals surface area contributed by atoms with Crippen LogP contribution in [0.25, 0.3) is 0 Å². The van der Waals surface area contributed by atoms with Crippen LogP contribution in [0.3, 0.4) is 0 Å². The maximum Gasteiger partial charge on any atom is 0.339 e. The third kappa shape index (κ3) is 3.31. The summed E-state index contributed by atoms with van der Waals surface area (Å²) in [7, 11) is 0. The zero-order valence-electron chi connectivity index (χ0n) is 14.2. The van der Waals surface area contributed by atoms with Gasteiger partial charge in [0.1, 0.15) is 17.5 Å². The van der Waals surface area contributed by atoms with Crippen molar-refractivity contribution in [1.29, 1.82) is 0 Å². The third-order valence-corrected chi connectivity index (χ3v) is 5.69. The number of para-hydroxylation sites is 1. The molecule has 8 heteroatoms. The maximum atomic E-state index is 14.3. The fraction of sp³-hybridized carbons (Fsp3) is 0.0500. The third-order valence-electron chi connectivity index (χ3n) is 4.26. The predicted octanol–water partition coefficient (Wildman–Crippen LogP) is 6.41. The highest BCUT2D eigenvalue weighted by molar-refractivity contribution is 8.01. The molecule has 4 rings (SSSR count). The molecule has 0 aliphatic carbocycles. The lowest BCUT2D eigenvalue weighted by Crippen LogP contribution is -2.43. The minimum absolute atomic E-state index is 0.138. The van der Waals surface area contributed by atoms with Crippen LogP contribution in [0.1, 0.15) is 5.56 Å². The van der Waals surface area contributed by atoms with Gasteiger partial charge in [-0.25, -0.2) is 22.3 Å². The molecule has 1 heterocycles. The van der Waals surface area contributed by atoms with Crippen molar-refractivity contribution in [3.8, 4) is 0 Å². The van der Waals surface area contributed by atoms with Gasteiger partial charge in [0.25, 0.3) is 0 Å². The van der Waals surface area contributed by atoms with Gasteiger partial charge in [-0.3, -0.25) is 4.90 Å². The van der Waals surface area contributed by atoms with E-state index in [0.717, 1.165) is 34.5 Å². The van der Waals surface area contributed by atoms with Gasteiger partial charge in [-0.15, -0.1) is 0 Å². The Hall–Kier alpha value is -2.64. The normalized spacial score (nSPS) is 13.6. The number of hydrogen-bond donors (Lipinski definition) is 0.